The molecule has 31 heavy (non-hydrogen) atoms. The number of hydrogen-bond acceptors (Lipinski definition) is 5. The SMILES string of the molecule is C[SH](O)(CCOc1ccc2ncc(-c3cc4ccccc4o3)n2n1)=NC(=O)C(F)(F)F. The average Bonchev–Trinajstić information content (AvgIpc) is 3.30. The standard InChI is InChI=1S/C19H17F3N4O4S/c1-31(28,25-18(27)19(20,21)22)9-8-29-17-7-6-16-23-11-13(26(16)24-17)15-10-12-4-2-3-5-14(12)30-15/h2-7,10-11,31H,8-9H2,1H3,(H,25,27,28). The maximum atomic E-state index is 12.3. The highest BCUT2D eigenvalue weighted by atomic mass is 32.3. The first-order valence-electron chi connectivity index (χ1n) is 9.02. The quantitative estimate of drug-likeness (QED) is 0.445. The van der Waals surface area contributed by atoms with Gasteiger partial charge in [-0.2, -0.15) is 17.5 Å². The maximum absolute atomic E-state index is 12.3. The molecule has 0 radical (unpaired) electrons. The highest BCUT2D eigenvalue weighted by Crippen LogP contribution is 2.28. The fourth-order valence-corrected chi connectivity index (χ4v) is 3.88. The van der Waals surface area contributed by atoms with E-state index in [1.807, 2.05) is 30.3 Å². The molecule has 1 aromatic carbocycles. The minimum atomic E-state index is -5.12. The number of ether oxygens (including phenoxy) is 1. The molecule has 12 heteroatoms. The molecule has 0 spiro atoms. The molecule has 8 nitrogen and oxygen atoms in total. The van der Waals surface area contributed by atoms with E-state index in [2.05, 4.69) is 14.4 Å². The molecule has 0 bridgehead atoms. The van der Waals surface area contributed by atoms with Crippen LogP contribution in [0.5, 0.6) is 5.88 Å². The van der Waals surface area contributed by atoms with Gasteiger partial charge in [-0.1, -0.05) is 18.2 Å². The molecular formula is C19H17F3N4O4S. The van der Waals surface area contributed by atoms with Crippen LogP contribution in [0.2, 0.25) is 0 Å². The predicted molar refractivity (Wildman–Crippen MR) is 109 cm³/mol. The summed E-state index contributed by atoms with van der Waals surface area (Å²) < 4.78 is 62.7. The number of thiol groups is 1. The zero-order chi connectivity index (χ0) is 22.2. The van der Waals surface area contributed by atoms with Crippen LogP contribution in [0.4, 0.5) is 13.2 Å². The van der Waals surface area contributed by atoms with Crippen LogP contribution in [-0.4, -0.2) is 49.8 Å². The van der Waals surface area contributed by atoms with Gasteiger partial charge >= 0.3 is 12.1 Å². The summed E-state index contributed by atoms with van der Waals surface area (Å²) >= 11 is 0. The van der Waals surface area contributed by atoms with Crippen LogP contribution in [0.25, 0.3) is 28.1 Å². The molecule has 0 aliphatic heterocycles. The van der Waals surface area contributed by atoms with Gasteiger partial charge in [-0.3, -0.25) is 4.79 Å². The third-order valence-corrected chi connectivity index (χ3v) is 5.97. The molecule has 1 N–H and O–H groups in total. The summed E-state index contributed by atoms with van der Waals surface area (Å²) in [4.78, 5) is 15.2. The van der Waals surface area contributed by atoms with E-state index in [0.29, 0.717) is 22.7 Å². The van der Waals surface area contributed by atoms with E-state index >= 15 is 0 Å². The first kappa shape index (κ1) is 21.0. The van der Waals surface area contributed by atoms with Crippen molar-refractivity contribution >= 4 is 32.6 Å². The Labute approximate surface area is 174 Å². The average molecular weight is 454 g/mol. The van der Waals surface area contributed by atoms with Crippen LogP contribution < -0.4 is 4.74 Å². The van der Waals surface area contributed by atoms with Crippen molar-refractivity contribution in [2.75, 3.05) is 18.6 Å². The van der Waals surface area contributed by atoms with E-state index in [1.165, 1.54) is 10.6 Å². The van der Waals surface area contributed by atoms with Crippen molar-refractivity contribution in [1.82, 2.24) is 14.6 Å². The molecule has 3 aromatic heterocycles. The van der Waals surface area contributed by atoms with Crippen molar-refractivity contribution in [3.8, 4) is 17.3 Å². The summed E-state index contributed by atoms with van der Waals surface area (Å²) in [6, 6.07) is 12.6. The number of aromatic nitrogens is 3. The third-order valence-electron chi connectivity index (χ3n) is 4.33. The number of alkyl halides is 3. The maximum Gasteiger partial charge on any atom is 0.474 e. The van der Waals surface area contributed by atoms with E-state index in [4.69, 9.17) is 9.15 Å². The van der Waals surface area contributed by atoms with E-state index in [9.17, 15) is 22.5 Å². The summed E-state index contributed by atoms with van der Waals surface area (Å²) in [5.74, 6) is -1.84. The molecule has 0 aliphatic carbocycles. The zero-order valence-electron chi connectivity index (χ0n) is 16.1. The lowest BCUT2D eigenvalue weighted by molar-refractivity contribution is -0.169. The van der Waals surface area contributed by atoms with Gasteiger partial charge in [0.05, 0.1) is 6.20 Å². The van der Waals surface area contributed by atoms with Crippen molar-refractivity contribution in [1.29, 1.82) is 0 Å². The number of amides is 1. The lowest BCUT2D eigenvalue weighted by Crippen LogP contribution is -2.26. The molecule has 0 unspecified atom stereocenters. The molecule has 1 amide bonds. The number of imidazole rings is 1. The first-order chi connectivity index (χ1) is 14.6. The highest BCUT2D eigenvalue weighted by molar-refractivity contribution is 7.99. The number of furan rings is 1. The number of rotatable bonds is 5. The van der Waals surface area contributed by atoms with Crippen LogP contribution in [0.15, 0.2) is 57.4 Å². The first-order valence-corrected chi connectivity index (χ1v) is 11.3. The Kier molecular flexibility index (Phi) is 5.27. The fraction of sp³-hybridized carbons (Fsp3) is 0.211. The van der Waals surface area contributed by atoms with Crippen molar-refractivity contribution in [2.45, 2.75) is 6.18 Å². The molecule has 0 atom stereocenters. The molecule has 3 heterocycles. The van der Waals surface area contributed by atoms with E-state index in [0.717, 1.165) is 11.6 Å². The van der Waals surface area contributed by atoms with Gasteiger partial charge in [-0.15, -0.1) is 15.2 Å². The normalized spacial score (nSPS) is 12.9. The predicted octanol–water partition coefficient (Wildman–Crippen LogP) is 3.78. The van der Waals surface area contributed by atoms with Gasteiger partial charge in [-0.05, 0) is 24.5 Å². The summed E-state index contributed by atoms with van der Waals surface area (Å²) in [5.41, 5.74) is 1.83. The minimum absolute atomic E-state index is 0.157. The summed E-state index contributed by atoms with van der Waals surface area (Å²) in [7, 11) is -3.47. The zero-order valence-corrected chi connectivity index (χ0v) is 17.0. The van der Waals surface area contributed by atoms with Gasteiger partial charge in [-0.25, -0.2) is 9.50 Å². The van der Waals surface area contributed by atoms with E-state index in [1.54, 1.807) is 12.3 Å². The van der Waals surface area contributed by atoms with Crippen LogP contribution in [0.3, 0.4) is 0 Å². The van der Waals surface area contributed by atoms with Crippen molar-refractivity contribution in [3.05, 3.63) is 48.7 Å². The summed E-state index contributed by atoms with van der Waals surface area (Å²) in [6.07, 6.45) is -2.42. The van der Waals surface area contributed by atoms with Gasteiger partial charge in [0.2, 0.25) is 5.88 Å². The molecule has 0 fully saturated rings. The van der Waals surface area contributed by atoms with Crippen molar-refractivity contribution in [2.24, 2.45) is 4.36 Å². The van der Waals surface area contributed by atoms with Gasteiger partial charge in [0.15, 0.2) is 11.4 Å². The molecule has 0 saturated carbocycles. The van der Waals surface area contributed by atoms with E-state index < -0.39 is 22.2 Å². The second-order valence-corrected chi connectivity index (χ2v) is 9.62. The van der Waals surface area contributed by atoms with Gasteiger partial charge < -0.3 is 13.7 Å². The lowest BCUT2D eigenvalue weighted by Gasteiger charge is -2.18. The number of benzene rings is 1. The van der Waals surface area contributed by atoms with Crippen molar-refractivity contribution in [3.63, 3.8) is 0 Å². The second kappa shape index (κ2) is 7.78. The van der Waals surface area contributed by atoms with Crippen LogP contribution in [-0.2, 0) is 14.9 Å². The largest absolute Gasteiger partial charge is 0.476 e. The highest BCUT2D eigenvalue weighted by Gasteiger charge is 2.39. The summed E-state index contributed by atoms with van der Waals surface area (Å²) in [5, 5.41) is 5.25. The third kappa shape index (κ3) is 4.59. The molecule has 0 aliphatic rings. The molecule has 164 valence electrons. The molecule has 4 rings (SSSR count). The Morgan fingerprint density at radius 3 is 2.81 bits per heavy atom. The Morgan fingerprint density at radius 1 is 1.29 bits per heavy atom. The molecule has 0 saturated heterocycles. The number of para-hydroxylation sites is 1. The minimum Gasteiger partial charge on any atom is -0.476 e. The van der Waals surface area contributed by atoms with Crippen LogP contribution in [0, 0.1) is 0 Å². The molecule has 4 aromatic rings. The molecular weight excluding hydrogens is 437 g/mol. The van der Waals surface area contributed by atoms with Gasteiger partial charge in [0, 0.05) is 17.2 Å². The number of halogens is 3. The number of fused-ring (bicyclic) bond motifs is 2. The monoisotopic (exact) mass is 454 g/mol. The Balaban J connectivity index is 1.53. The topological polar surface area (TPSA) is 102 Å². The Bertz CT molecular complexity index is 1290. The smallest absolute Gasteiger partial charge is 0.474 e. The summed E-state index contributed by atoms with van der Waals surface area (Å²) in [6.45, 7) is -0.178. The Hall–Kier alpha value is -3.25. The second-order valence-electron chi connectivity index (χ2n) is 6.80. The number of carbonyl (C=O) groups excluding carboxylic acids is 1. The van der Waals surface area contributed by atoms with Gasteiger partial charge in [0.25, 0.3) is 0 Å². The van der Waals surface area contributed by atoms with Gasteiger partial charge in [0.1, 0.15) is 17.9 Å². The number of carbonyl (C=O) groups is 1. The van der Waals surface area contributed by atoms with E-state index in [-0.39, 0.29) is 18.2 Å². The van der Waals surface area contributed by atoms with Crippen LogP contribution in [0.1, 0.15) is 0 Å². The Morgan fingerprint density at radius 2 is 2.06 bits per heavy atom. The van der Waals surface area contributed by atoms with Crippen molar-refractivity contribution < 1.29 is 31.7 Å². The fourth-order valence-electron chi connectivity index (χ4n) is 2.84. The lowest BCUT2D eigenvalue weighted by atomic mass is 10.2. The number of hydrogen-bond donors (Lipinski definition) is 2. The number of nitrogens with zero attached hydrogens (tertiary/aromatic N) is 4. The van der Waals surface area contributed by atoms with Crippen LogP contribution >= 0.6 is 0 Å².